The highest BCUT2D eigenvalue weighted by molar-refractivity contribution is 5.93. The third-order valence-electron chi connectivity index (χ3n) is 2.02. The normalized spacial score (nSPS) is 12.5. The topological polar surface area (TPSA) is 72.2 Å². The second-order valence-electron chi connectivity index (χ2n) is 3.70. The van der Waals surface area contributed by atoms with Crippen molar-refractivity contribution in [1.29, 1.82) is 0 Å². The van der Waals surface area contributed by atoms with Crippen molar-refractivity contribution in [2.24, 2.45) is 5.92 Å². The highest BCUT2D eigenvalue weighted by atomic mass is 16.5. The summed E-state index contributed by atoms with van der Waals surface area (Å²) in [4.78, 5) is 22.2. The smallest absolute Gasteiger partial charge is 0.274 e. The van der Waals surface area contributed by atoms with Crippen molar-refractivity contribution in [2.75, 3.05) is 0 Å². The summed E-state index contributed by atoms with van der Waals surface area (Å²) in [5, 5.41) is 6.13. The summed E-state index contributed by atoms with van der Waals surface area (Å²) in [5.74, 6) is 0.226. The number of carbonyl (C=O) groups excluding carboxylic acids is 2. The molecule has 0 spiro atoms. The highest BCUT2D eigenvalue weighted by Gasteiger charge is 2.18. The molecule has 0 aliphatic rings. The molecule has 0 aliphatic carbocycles. The summed E-state index contributed by atoms with van der Waals surface area (Å²) in [7, 11) is 0. The molecule has 82 valence electrons. The first-order valence-corrected chi connectivity index (χ1v) is 4.74. The first kappa shape index (κ1) is 11.4. The van der Waals surface area contributed by atoms with Crippen LogP contribution in [0.1, 0.15) is 30.1 Å². The number of nitrogens with zero attached hydrogens (tertiary/aromatic N) is 1. The van der Waals surface area contributed by atoms with Crippen LogP contribution in [0.15, 0.2) is 10.6 Å². The molecule has 0 unspecified atom stereocenters. The fourth-order valence-electron chi connectivity index (χ4n) is 1.06. The van der Waals surface area contributed by atoms with E-state index in [1.165, 1.54) is 6.07 Å². The minimum Gasteiger partial charge on any atom is -0.361 e. The molecule has 5 nitrogen and oxygen atoms in total. The number of rotatable bonds is 4. The largest absolute Gasteiger partial charge is 0.361 e. The van der Waals surface area contributed by atoms with Crippen molar-refractivity contribution < 1.29 is 14.1 Å². The molecule has 0 saturated carbocycles. The molecule has 0 bridgehead atoms. The van der Waals surface area contributed by atoms with Gasteiger partial charge in [-0.05, 0) is 12.8 Å². The highest BCUT2D eigenvalue weighted by Crippen LogP contribution is 2.04. The Morgan fingerprint density at radius 3 is 2.67 bits per heavy atom. The lowest BCUT2D eigenvalue weighted by atomic mass is 10.1. The molecule has 0 saturated heterocycles. The van der Waals surface area contributed by atoms with Crippen LogP contribution in [0.3, 0.4) is 0 Å². The van der Waals surface area contributed by atoms with Crippen molar-refractivity contribution in [3.8, 4) is 0 Å². The van der Waals surface area contributed by atoms with E-state index in [1.54, 1.807) is 6.92 Å². The third kappa shape index (κ3) is 2.90. The summed E-state index contributed by atoms with van der Waals surface area (Å²) in [6.45, 7) is 5.41. The molecule has 1 amide bonds. The van der Waals surface area contributed by atoms with Gasteiger partial charge in [0.25, 0.3) is 5.91 Å². The Bertz CT molecular complexity index is 357. The number of hydrogen-bond acceptors (Lipinski definition) is 4. The summed E-state index contributed by atoms with van der Waals surface area (Å²) >= 11 is 0. The first-order valence-electron chi connectivity index (χ1n) is 4.74. The van der Waals surface area contributed by atoms with Crippen LogP contribution in [0.25, 0.3) is 0 Å². The van der Waals surface area contributed by atoms with Crippen molar-refractivity contribution >= 4 is 12.2 Å². The number of aromatic nitrogens is 1. The van der Waals surface area contributed by atoms with Gasteiger partial charge in [0.1, 0.15) is 12.0 Å². The second-order valence-corrected chi connectivity index (χ2v) is 3.70. The van der Waals surface area contributed by atoms with Gasteiger partial charge in [0.2, 0.25) is 0 Å². The van der Waals surface area contributed by atoms with E-state index in [4.69, 9.17) is 4.52 Å². The Labute approximate surface area is 87.8 Å². The van der Waals surface area contributed by atoms with Crippen molar-refractivity contribution in [1.82, 2.24) is 10.5 Å². The summed E-state index contributed by atoms with van der Waals surface area (Å²) < 4.78 is 4.76. The lowest BCUT2D eigenvalue weighted by Crippen LogP contribution is -2.39. The third-order valence-corrected chi connectivity index (χ3v) is 2.02. The van der Waals surface area contributed by atoms with E-state index >= 15 is 0 Å². The minimum atomic E-state index is -0.491. The van der Waals surface area contributed by atoms with Crippen LogP contribution in [0.4, 0.5) is 0 Å². The molecule has 1 rings (SSSR count). The molecule has 1 aromatic heterocycles. The lowest BCUT2D eigenvalue weighted by Gasteiger charge is -2.14. The quantitative estimate of drug-likeness (QED) is 0.750. The van der Waals surface area contributed by atoms with E-state index in [0.29, 0.717) is 5.76 Å². The summed E-state index contributed by atoms with van der Waals surface area (Å²) in [6, 6.07) is 1.03. The van der Waals surface area contributed by atoms with E-state index in [-0.39, 0.29) is 11.6 Å². The van der Waals surface area contributed by atoms with Crippen LogP contribution in [0, 0.1) is 12.8 Å². The SMILES string of the molecule is Cc1cc(C(=O)N[C@H](C=O)C(C)C)no1. The van der Waals surface area contributed by atoms with E-state index in [1.807, 2.05) is 13.8 Å². The molecular weight excluding hydrogens is 196 g/mol. The Morgan fingerprint density at radius 2 is 2.27 bits per heavy atom. The molecule has 15 heavy (non-hydrogen) atoms. The molecule has 1 heterocycles. The predicted octanol–water partition coefficient (Wildman–Crippen LogP) is 0.936. The van der Waals surface area contributed by atoms with Gasteiger partial charge in [0.15, 0.2) is 5.69 Å². The number of hydrogen-bond donors (Lipinski definition) is 1. The van der Waals surface area contributed by atoms with Crippen LogP contribution in [0.2, 0.25) is 0 Å². The average molecular weight is 210 g/mol. The van der Waals surface area contributed by atoms with Crippen molar-refractivity contribution in [3.05, 3.63) is 17.5 Å². The summed E-state index contributed by atoms with van der Waals surface area (Å²) in [6.07, 6.45) is 0.718. The standard InChI is InChI=1S/C10H14N2O3/c1-6(2)9(5-13)11-10(14)8-4-7(3)15-12-8/h4-6,9H,1-3H3,(H,11,14)/t9-/m1/s1. The van der Waals surface area contributed by atoms with E-state index < -0.39 is 11.9 Å². The molecule has 0 radical (unpaired) electrons. The maximum atomic E-state index is 11.5. The van der Waals surface area contributed by atoms with Crippen molar-refractivity contribution in [2.45, 2.75) is 26.8 Å². The number of carbonyl (C=O) groups is 2. The van der Waals surface area contributed by atoms with E-state index in [2.05, 4.69) is 10.5 Å². The van der Waals surface area contributed by atoms with Crippen LogP contribution in [-0.4, -0.2) is 23.4 Å². The molecule has 1 N–H and O–H groups in total. The summed E-state index contributed by atoms with van der Waals surface area (Å²) in [5.41, 5.74) is 0.194. The van der Waals surface area contributed by atoms with Crippen molar-refractivity contribution in [3.63, 3.8) is 0 Å². The first-order chi connectivity index (χ1) is 7.04. The lowest BCUT2D eigenvalue weighted by molar-refractivity contribution is -0.110. The number of amides is 1. The predicted molar refractivity (Wildman–Crippen MR) is 53.4 cm³/mol. The maximum absolute atomic E-state index is 11.5. The van der Waals surface area contributed by atoms with Crippen LogP contribution in [0.5, 0.6) is 0 Å². The molecular formula is C10H14N2O3. The van der Waals surface area contributed by atoms with Gasteiger partial charge in [-0.15, -0.1) is 0 Å². The van der Waals surface area contributed by atoms with E-state index in [0.717, 1.165) is 6.29 Å². The fourth-order valence-corrected chi connectivity index (χ4v) is 1.06. The average Bonchev–Trinajstić information content (AvgIpc) is 2.60. The molecule has 0 aliphatic heterocycles. The number of aldehydes is 1. The minimum absolute atomic E-state index is 0.0550. The van der Waals surface area contributed by atoms with Crippen LogP contribution in [-0.2, 0) is 4.79 Å². The maximum Gasteiger partial charge on any atom is 0.274 e. The number of aryl methyl sites for hydroxylation is 1. The van der Waals surface area contributed by atoms with Gasteiger partial charge in [0, 0.05) is 6.07 Å². The van der Waals surface area contributed by atoms with E-state index in [9.17, 15) is 9.59 Å². The molecule has 1 atom stereocenters. The van der Waals surface area contributed by atoms with Gasteiger partial charge in [-0.25, -0.2) is 0 Å². The van der Waals surface area contributed by atoms with Gasteiger partial charge < -0.3 is 14.6 Å². The van der Waals surface area contributed by atoms with Gasteiger partial charge in [-0.1, -0.05) is 19.0 Å². The van der Waals surface area contributed by atoms with Gasteiger partial charge >= 0.3 is 0 Å². The zero-order chi connectivity index (χ0) is 11.4. The Morgan fingerprint density at radius 1 is 1.60 bits per heavy atom. The van der Waals surface area contributed by atoms with Gasteiger partial charge in [-0.2, -0.15) is 0 Å². The molecule has 1 aromatic rings. The Balaban J connectivity index is 2.66. The molecule has 5 heteroatoms. The monoisotopic (exact) mass is 210 g/mol. The number of nitrogens with one attached hydrogen (secondary N) is 1. The van der Waals surface area contributed by atoms with Crippen LogP contribution >= 0.6 is 0 Å². The Hall–Kier alpha value is -1.65. The molecule has 0 aromatic carbocycles. The second kappa shape index (κ2) is 4.72. The zero-order valence-electron chi connectivity index (χ0n) is 8.98. The van der Waals surface area contributed by atoms with Gasteiger partial charge in [0.05, 0.1) is 6.04 Å². The molecule has 0 fully saturated rings. The van der Waals surface area contributed by atoms with Gasteiger partial charge in [-0.3, -0.25) is 4.79 Å². The fraction of sp³-hybridized carbons (Fsp3) is 0.500. The zero-order valence-corrected chi connectivity index (χ0v) is 8.98. The Kier molecular flexibility index (Phi) is 3.60. The van der Waals surface area contributed by atoms with Crippen LogP contribution < -0.4 is 5.32 Å².